The highest BCUT2D eigenvalue weighted by atomic mass is 32.1. The Hall–Kier alpha value is -3.20. The van der Waals surface area contributed by atoms with Crippen LogP contribution >= 0.6 is 11.3 Å². The first-order valence-electron chi connectivity index (χ1n) is 7.60. The van der Waals surface area contributed by atoms with E-state index in [1.807, 2.05) is 6.07 Å². The second-order valence-corrected chi connectivity index (χ2v) is 6.69. The summed E-state index contributed by atoms with van der Waals surface area (Å²) in [6, 6.07) is 9.79. The number of amides is 1. The molecule has 0 aliphatic heterocycles. The summed E-state index contributed by atoms with van der Waals surface area (Å²) in [6.07, 6.45) is 0. The lowest BCUT2D eigenvalue weighted by Crippen LogP contribution is -2.14. The van der Waals surface area contributed by atoms with Gasteiger partial charge in [-0.15, -0.1) is 0 Å². The van der Waals surface area contributed by atoms with E-state index in [9.17, 15) is 14.9 Å². The van der Waals surface area contributed by atoms with Gasteiger partial charge in [0.05, 0.1) is 22.2 Å². The lowest BCUT2D eigenvalue weighted by atomic mass is 10.1. The normalized spacial score (nSPS) is 10.6. The van der Waals surface area contributed by atoms with Crippen molar-refractivity contribution < 1.29 is 14.5 Å². The third-order valence-electron chi connectivity index (χ3n) is 3.73. The summed E-state index contributed by atoms with van der Waals surface area (Å²) in [5, 5.41) is 14.4. The minimum atomic E-state index is -0.504. The zero-order valence-corrected chi connectivity index (χ0v) is 15.2. The van der Waals surface area contributed by atoms with E-state index in [0.717, 1.165) is 10.2 Å². The van der Waals surface area contributed by atoms with Crippen LogP contribution in [-0.2, 0) is 0 Å². The van der Waals surface area contributed by atoms with Crippen LogP contribution in [0.3, 0.4) is 0 Å². The number of hydrogen-bond donors (Lipinski definition) is 1. The molecule has 1 aromatic heterocycles. The first-order valence-corrected chi connectivity index (χ1v) is 8.42. The van der Waals surface area contributed by atoms with Crippen LogP contribution in [0.15, 0.2) is 36.4 Å². The van der Waals surface area contributed by atoms with Gasteiger partial charge in [0.2, 0.25) is 0 Å². The van der Waals surface area contributed by atoms with Crippen LogP contribution in [0.25, 0.3) is 10.2 Å². The van der Waals surface area contributed by atoms with Crippen molar-refractivity contribution in [2.75, 3.05) is 31.4 Å². The number of carbonyl (C=O) groups is 1. The Morgan fingerprint density at radius 1 is 1.27 bits per heavy atom. The first-order chi connectivity index (χ1) is 12.4. The van der Waals surface area contributed by atoms with E-state index in [2.05, 4.69) is 10.3 Å². The Morgan fingerprint density at radius 2 is 2.04 bits per heavy atom. The monoisotopic (exact) mass is 372 g/mol. The Kier molecular flexibility index (Phi) is 4.72. The molecule has 0 aliphatic carbocycles. The highest BCUT2D eigenvalue weighted by molar-refractivity contribution is 7.22. The second kappa shape index (κ2) is 6.96. The number of carbonyl (C=O) groups excluding carboxylic acids is 1. The van der Waals surface area contributed by atoms with E-state index < -0.39 is 10.8 Å². The molecule has 134 valence electrons. The fourth-order valence-corrected chi connectivity index (χ4v) is 3.33. The van der Waals surface area contributed by atoms with Crippen molar-refractivity contribution in [2.45, 2.75) is 0 Å². The molecule has 0 aliphatic rings. The standard InChI is InChI=1S/C17H16N4O4S/c1-20(2)13-7-4-10(8-14(13)21(23)24)16(22)19-17-18-12-6-5-11(25-3)9-15(12)26-17/h4-9H,1-3H3,(H,18,19,22). The highest BCUT2D eigenvalue weighted by Gasteiger charge is 2.19. The third kappa shape index (κ3) is 3.42. The van der Waals surface area contributed by atoms with Gasteiger partial charge in [0, 0.05) is 25.7 Å². The van der Waals surface area contributed by atoms with Gasteiger partial charge in [-0.2, -0.15) is 0 Å². The Bertz CT molecular complexity index is 1000. The van der Waals surface area contributed by atoms with E-state index in [-0.39, 0.29) is 11.3 Å². The number of hydrogen-bond acceptors (Lipinski definition) is 7. The molecule has 8 nitrogen and oxygen atoms in total. The molecule has 9 heteroatoms. The average Bonchev–Trinajstić information content (AvgIpc) is 3.02. The number of benzene rings is 2. The van der Waals surface area contributed by atoms with Crippen molar-refractivity contribution in [1.82, 2.24) is 4.98 Å². The topological polar surface area (TPSA) is 97.6 Å². The number of nitrogens with zero attached hydrogens (tertiary/aromatic N) is 3. The first kappa shape index (κ1) is 17.6. The summed E-state index contributed by atoms with van der Waals surface area (Å²) in [5.74, 6) is 0.248. The molecule has 0 spiro atoms. The largest absolute Gasteiger partial charge is 0.497 e. The Labute approximate surface area is 153 Å². The van der Waals surface area contributed by atoms with Gasteiger partial charge < -0.3 is 9.64 Å². The predicted molar refractivity (Wildman–Crippen MR) is 102 cm³/mol. The van der Waals surface area contributed by atoms with E-state index in [0.29, 0.717) is 16.6 Å². The Morgan fingerprint density at radius 3 is 2.69 bits per heavy atom. The van der Waals surface area contributed by atoms with Gasteiger partial charge in [-0.1, -0.05) is 11.3 Å². The van der Waals surface area contributed by atoms with Crippen LogP contribution in [0.5, 0.6) is 5.75 Å². The number of nitrogens with one attached hydrogen (secondary N) is 1. The fourth-order valence-electron chi connectivity index (χ4n) is 2.44. The summed E-state index contributed by atoms with van der Waals surface area (Å²) in [6.45, 7) is 0. The molecule has 0 fully saturated rings. The maximum Gasteiger partial charge on any atom is 0.293 e. The zero-order valence-electron chi connectivity index (χ0n) is 14.3. The van der Waals surface area contributed by atoms with Gasteiger partial charge in [-0.05, 0) is 30.3 Å². The minimum Gasteiger partial charge on any atom is -0.497 e. The van der Waals surface area contributed by atoms with E-state index in [1.165, 1.54) is 17.4 Å². The number of anilines is 2. The highest BCUT2D eigenvalue weighted by Crippen LogP contribution is 2.31. The predicted octanol–water partition coefficient (Wildman–Crippen LogP) is 3.53. The molecule has 0 saturated carbocycles. The number of methoxy groups -OCH3 is 1. The summed E-state index contributed by atoms with van der Waals surface area (Å²) >= 11 is 1.30. The maximum absolute atomic E-state index is 12.5. The number of rotatable bonds is 5. The fraction of sp³-hybridized carbons (Fsp3) is 0.176. The lowest BCUT2D eigenvalue weighted by molar-refractivity contribution is -0.384. The molecule has 0 bridgehead atoms. The van der Waals surface area contributed by atoms with Gasteiger partial charge in [-0.3, -0.25) is 20.2 Å². The summed E-state index contributed by atoms with van der Waals surface area (Å²) in [5.41, 5.74) is 1.23. The van der Waals surface area contributed by atoms with Gasteiger partial charge in [0.25, 0.3) is 11.6 Å². The number of nitro benzene ring substituents is 1. The van der Waals surface area contributed by atoms with Crippen LogP contribution in [0.2, 0.25) is 0 Å². The second-order valence-electron chi connectivity index (χ2n) is 5.66. The quantitative estimate of drug-likeness (QED) is 0.543. The van der Waals surface area contributed by atoms with E-state index >= 15 is 0 Å². The van der Waals surface area contributed by atoms with E-state index in [1.54, 1.807) is 50.4 Å². The van der Waals surface area contributed by atoms with Crippen LogP contribution < -0.4 is 15.0 Å². The van der Waals surface area contributed by atoms with Crippen LogP contribution in [0.1, 0.15) is 10.4 Å². The molecular weight excluding hydrogens is 356 g/mol. The van der Waals surface area contributed by atoms with Gasteiger partial charge >= 0.3 is 0 Å². The van der Waals surface area contributed by atoms with Crippen molar-refractivity contribution in [2.24, 2.45) is 0 Å². The van der Waals surface area contributed by atoms with Gasteiger partial charge in [0.15, 0.2) is 5.13 Å². The van der Waals surface area contributed by atoms with Gasteiger partial charge in [-0.25, -0.2) is 4.98 Å². The maximum atomic E-state index is 12.5. The van der Waals surface area contributed by atoms with Crippen molar-refractivity contribution in [3.05, 3.63) is 52.1 Å². The molecular formula is C17H16N4O4S. The van der Waals surface area contributed by atoms with Crippen LogP contribution in [-0.4, -0.2) is 37.0 Å². The Balaban J connectivity index is 1.88. The smallest absolute Gasteiger partial charge is 0.293 e. The molecule has 0 unspecified atom stereocenters. The zero-order chi connectivity index (χ0) is 18.8. The van der Waals surface area contributed by atoms with Crippen molar-refractivity contribution in [1.29, 1.82) is 0 Å². The number of thiazole rings is 1. The summed E-state index contributed by atoms with van der Waals surface area (Å²) < 4.78 is 6.04. The molecule has 26 heavy (non-hydrogen) atoms. The lowest BCUT2D eigenvalue weighted by Gasteiger charge is -2.13. The van der Waals surface area contributed by atoms with Crippen molar-refractivity contribution >= 4 is 44.0 Å². The molecule has 1 amide bonds. The molecule has 3 rings (SSSR count). The van der Waals surface area contributed by atoms with Gasteiger partial charge in [0.1, 0.15) is 11.4 Å². The molecule has 0 saturated heterocycles. The van der Waals surface area contributed by atoms with E-state index in [4.69, 9.17) is 4.74 Å². The molecule has 0 atom stereocenters. The molecule has 3 aromatic rings. The minimum absolute atomic E-state index is 0.128. The number of fused-ring (bicyclic) bond motifs is 1. The van der Waals surface area contributed by atoms with Crippen LogP contribution in [0, 0.1) is 10.1 Å². The van der Waals surface area contributed by atoms with Crippen molar-refractivity contribution in [3.8, 4) is 5.75 Å². The average molecular weight is 372 g/mol. The number of ether oxygens (including phenoxy) is 1. The summed E-state index contributed by atoms with van der Waals surface area (Å²) in [7, 11) is 4.99. The number of nitro groups is 1. The van der Waals surface area contributed by atoms with Crippen LogP contribution in [0.4, 0.5) is 16.5 Å². The molecule has 2 aromatic carbocycles. The summed E-state index contributed by atoms with van der Waals surface area (Å²) in [4.78, 5) is 29.2. The molecule has 1 heterocycles. The SMILES string of the molecule is COc1ccc2nc(NC(=O)c3ccc(N(C)C)c([N+](=O)[O-])c3)sc2c1. The third-order valence-corrected chi connectivity index (χ3v) is 4.67. The van der Waals surface area contributed by atoms with Crippen molar-refractivity contribution in [3.63, 3.8) is 0 Å². The molecule has 0 radical (unpaired) electrons. The molecule has 1 N–H and O–H groups in total. The number of aromatic nitrogens is 1.